The molecule has 1 aliphatic heterocycles. The molecule has 0 bridgehead atoms. The van der Waals surface area contributed by atoms with Gasteiger partial charge in [0.25, 0.3) is 0 Å². The summed E-state index contributed by atoms with van der Waals surface area (Å²) in [7, 11) is 0. The van der Waals surface area contributed by atoms with E-state index >= 15 is 0 Å². The van der Waals surface area contributed by atoms with Gasteiger partial charge in [-0.2, -0.15) is 0 Å². The lowest BCUT2D eigenvalue weighted by molar-refractivity contribution is -0.139. The molecule has 1 aromatic rings. The van der Waals surface area contributed by atoms with Crippen LogP contribution in [0.1, 0.15) is 18.5 Å². The van der Waals surface area contributed by atoms with Gasteiger partial charge in [-0.1, -0.05) is 23.7 Å². The molecule has 112 valence electrons. The molecule has 0 spiro atoms. The van der Waals surface area contributed by atoms with Crippen molar-refractivity contribution >= 4 is 35.2 Å². The molecule has 0 radical (unpaired) electrons. The summed E-state index contributed by atoms with van der Waals surface area (Å²) in [6.07, 6.45) is 0. The molecule has 5 nitrogen and oxygen atoms in total. The molecule has 7 heteroatoms. The van der Waals surface area contributed by atoms with Crippen molar-refractivity contribution in [2.45, 2.75) is 13.0 Å². The van der Waals surface area contributed by atoms with Gasteiger partial charge in [0.2, 0.25) is 0 Å². The molecule has 2 rings (SSSR count). The Balaban J connectivity index is 2.49. The average Bonchev–Trinajstić information content (AvgIpc) is 2.46. The molecule has 1 heterocycles. The van der Waals surface area contributed by atoms with E-state index in [0.717, 1.165) is 0 Å². The number of carbonyl (C=O) groups excluding carboxylic acids is 2. The summed E-state index contributed by atoms with van der Waals surface area (Å²) in [5, 5.41) is 5.73. The first-order valence-corrected chi connectivity index (χ1v) is 7.27. The van der Waals surface area contributed by atoms with E-state index < -0.39 is 18.0 Å². The second-order valence-electron chi connectivity index (χ2n) is 4.33. The number of urea groups is 1. The number of hydrogen-bond acceptors (Lipinski definition) is 3. The molecule has 0 saturated carbocycles. The number of rotatable bonds is 4. The summed E-state index contributed by atoms with van der Waals surface area (Å²) in [6.45, 7) is 1.94. The number of nitrogens with one attached hydrogen (secondary N) is 2. The van der Waals surface area contributed by atoms with Crippen LogP contribution in [0.15, 0.2) is 35.5 Å². The monoisotopic (exact) mass is 328 g/mol. The summed E-state index contributed by atoms with van der Waals surface area (Å²) in [5.41, 5.74) is 1.31. The smallest absolute Gasteiger partial charge is 0.338 e. The first-order chi connectivity index (χ1) is 10.1. The van der Waals surface area contributed by atoms with Crippen LogP contribution in [-0.4, -0.2) is 24.5 Å². The number of carbonyl (C=O) groups is 2. The third kappa shape index (κ3) is 3.49. The summed E-state index contributed by atoms with van der Waals surface area (Å²) < 4.78 is 5.05. The Morgan fingerprint density at radius 2 is 2.19 bits per heavy atom. The van der Waals surface area contributed by atoms with E-state index in [4.69, 9.17) is 27.9 Å². The van der Waals surface area contributed by atoms with Gasteiger partial charge >= 0.3 is 12.0 Å². The molecular weight excluding hydrogens is 315 g/mol. The van der Waals surface area contributed by atoms with E-state index in [-0.39, 0.29) is 18.1 Å². The van der Waals surface area contributed by atoms with E-state index in [1.807, 2.05) is 0 Å². The maximum atomic E-state index is 12.2. The number of ether oxygens (including phenoxy) is 1. The lowest BCUT2D eigenvalue weighted by atomic mass is 9.95. The second-order valence-corrected chi connectivity index (χ2v) is 5.04. The number of benzene rings is 1. The number of esters is 1. The highest BCUT2D eigenvalue weighted by Crippen LogP contribution is 2.29. The Morgan fingerprint density at radius 1 is 1.43 bits per heavy atom. The molecule has 0 saturated heterocycles. The first kappa shape index (κ1) is 15.7. The zero-order valence-electron chi connectivity index (χ0n) is 11.3. The maximum absolute atomic E-state index is 12.2. The Bertz CT molecular complexity index is 602. The Kier molecular flexibility index (Phi) is 5.09. The van der Waals surface area contributed by atoms with Crippen LogP contribution >= 0.6 is 23.2 Å². The highest BCUT2D eigenvalue weighted by atomic mass is 35.5. The van der Waals surface area contributed by atoms with Crippen LogP contribution in [0.2, 0.25) is 5.02 Å². The van der Waals surface area contributed by atoms with Gasteiger partial charge in [0.15, 0.2) is 0 Å². The normalized spacial score (nSPS) is 18.0. The minimum Gasteiger partial charge on any atom is -0.463 e. The highest BCUT2D eigenvalue weighted by molar-refractivity contribution is 6.30. The van der Waals surface area contributed by atoms with Gasteiger partial charge in [-0.05, 0) is 24.6 Å². The van der Waals surface area contributed by atoms with E-state index in [9.17, 15) is 9.59 Å². The largest absolute Gasteiger partial charge is 0.463 e. The molecular formula is C14H14Cl2N2O3. The first-order valence-electron chi connectivity index (χ1n) is 6.36. The molecule has 2 amide bonds. The van der Waals surface area contributed by atoms with Crippen LogP contribution in [0.4, 0.5) is 4.79 Å². The lowest BCUT2D eigenvalue weighted by Crippen LogP contribution is -2.46. The van der Waals surface area contributed by atoms with Crippen LogP contribution in [0, 0.1) is 0 Å². The van der Waals surface area contributed by atoms with Gasteiger partial charge in [-0.15, -0.1) is 11.6 Å². The highest BCUT2D eigenvalue weighted by Gasteiger charge is 2.33. The van der Waals surface area contributed by atoms with Crippen molar-refractivity contribution in [1.29, 1.82) is 0 Å². The van der Waals surface area contributed by atoms with Crippen molar-refractivity contribution in [2.75, 3.05) is 12.5 Å². The van der Waals surface area contributed by atoms with Crippen molar-refractivity contribution in [3.63, 3.8) is 0 Å². The maximum Gasteiger partial charge on any atom is 0.338 e. The predicted octanol–water partition coefficient (Wildman–Crippen LogP) is 2.75. The van der Waals surface area contributed by atoms with Gasteiger partial charge in [0.1, 0.15) is 0 Å². The zero-order valence-corrected chi connectivity index (χ0v) is 12.8. The van der Waals surface area contributed by atoms with Gasteiger partial charge in [-0.25, -0.2) is 9.59 Å². The topological polar surface area (TPSA) is 67.4 Å². The van der Waals surface area contributed by atoms with Gasteiger partial charge in [0, 0.05) is 10.7 Å². The van der Waals surface area contributed by atoms with Crippen LogP contribution in [0.3, 0.4) is 0 Å². The Morgan fingerprint density at radius 3 is 2.81 bits per heavy atom. The summed E-state index contributed by atoms with van der Waals surface area (Å²) in [6, 6.07) is 5.84. The molecule has 1 atom stereocenters. The zero-order chi connectivity index (χ0) is 15.4. The second kappa shape index (κ2) is 6.83. The third-order valence-corrected chi connectivity index (χ3v) is 3.47. The van der Waals surface area contributed by atoms with E-state index in [0.29, 0.717) is 16.3 Å². The van der Waals surface area contributed by atoms with E-state index in [1.54, 1.807) is 31.2 Å². The number of allylic oxidation sites excluding steroid dienone is 1. The average molecular weight is 329 g/mol. The molecule has 0 aliphatic carbocycles. The molecule has 0 fully saturated rings. The van der Waals surface area contributed by atoms with Crippen LogP contribution in [0.25, 0.3) is 0 Å². The summed E-state index contributed by atoms with van der Waals surface area (Å²) in [4.78, 5) is 23.9. The molecule has 2 N–H and O–H groups in total. The van der Waals surface area contributed by atoms with Crippen LogP contribution in [-0.2, 0) is 9.53 Å². The fourth-order valence-corrected chi connectivity index (χ4v) is 2.52. The van der Waals surface area contributed by atoms with Crippen LogP contribution in [0.5, 0.6) is 0 Å². The number of halogens is 2. The number of alkyl halides is 1. The molecule has 0 unspecified atom stereocenters. The fraction of sp³-hybridized carbons (Fsp3) is 0.286. The summed E-state index contributed by atoms with van der Waals surface area (Å²) >= 11 is 11.8. The Labute approximate surface area is 132 Å². The SMILES string of the molecule is CCOC(=O)C1=C(CCl)NC(=O)N[C@@H]1c1cccc(Cl)c1. The van der Waals surface area contributed by atoms with Crippen molar-refractivity contribution < 1.29 is 14.3 Å². The van der Waals surface area contributed by atoms with Gasteiger partial charge < -0.3 is 15.4 Å². The van der Waals surface area contributed by atoms with Crippen molar-refractivity contribution in [3.05, 3.63) is 46.1 Å². The van der Waals surface area contributed by atoms with Gasteiger partial charge in [0.05, 0.1) is 24.1 Å². The minimum atomic E-state index is -0.648. The third-order valence-electron chi connectivity index (χ3n) is 2.96. The minimum absolute atomic E-state index is 0.00136. The lowest BCUT2D eigenvalue weighted by Gasteiger charge is -2.28. The van der Waals surface area contributed by atoms with Gasteiger partial charge in [-0.3, -0.25) is 0 Å². The van der Waals surface area contributed by atoms with Crippen molar-refractivity contribution in [1.82, 2.24) is 10.6 Å². The molecule has 21 heavy (non-hydrogen) atoms. The Hall–Kier alpha value is -1.72. The molecule has 1 aliphatic rings. The molecule has 0 aromatic heterocycles. The standard InChI is InChI=1S/C14H14Cl2N2O3/c1-2-21-13(19)11-10(7-15)17-14(20)18-12(11)8-4-3-5-9(16)6-8/h3-6,12H,2,7H2,1H3,(H2,17,18,20)/t12-/m1/s1. The van der Waals surface area contributed by atoms with E-state index in [2.05, 4.69) is 10.6 Å². The number of hydrogen-bond donors (Lipinski definition) is 2. The quantitative estimate of drug-likeness (QED) is 0.659. The fourth-order valence-electron chi connectivity index (χ4n) is 2.11. The summed E-state index contributed by atoms with van der Waals surface area (Å²) in [5.74, 6) is -0.524. The van der Waals surface area contributed by atoms with E-state index in [1.165, 1.54) is 0 Å². The van der Waals surface area contributed by atoms with Crippen LogP contribution < -0.4 is 10.6 Å². The van der Waals surface area contributed by atoms with Crippen molar-refractivity contribution in [2.24, 2.45) is 0 Å². The number of amides is 2. The van der Waals surface area contributed by atoms with Crippen molar-refractivity contribution in [3.8, 4) is 0 Å². The molecule has 1 aromatic carbocycles. The predicted molar refractivity (Wildman–Crippen MR) is 80.2 cm³/mol.